The third-order valence-corrected chi connectivity index (χ3v) is 3.24. The number of aliphatic hydroxyl groups is 2. The molecule has 0 saturated carbocycles. The molecule has 0 amide bonds. The lowest BCUT2D eigenvalue weighted by Gasteiger charge is -2.35. The number of rotatable bonds is 2. The Morgan fingerprint density at radius 1 is 1.67 bits per heavy atom. The molecule has 4 N–H and O–H groups in total. The van der Waals surface area contributed by atoms with Gasteiger partial charge in [0.15, 0.2) is 11.9 Å². The van der Waals surface area contributed by atoms with E-state index in [-0.39, 0.29) is 0 Å². The number of nitrogens with two attached hydrogens (primary N) is 1. The number of allylic oxidation sites excluding steroid dienone is 2. The molecule has 100 valence electrons. The third-order valence-electron chi connectivity index (χ3n) is 3.24. The highest BCUT2D eigenvalue weighted by molar-refractivity contribution is 5.32. The van der Waals surface area contributed by atoms with E-state index in [9.17, 15) is 9.50 Å². The van der Waals surface area contributed by atoms with E-state index in [1.165, 1.54) is 11.8 Å². The second kappa shape index (κ2) is 4.38. The van der Waals surface area contributed by atoms with Gasteiger partial charge in [-0.1, -0.05) is 6.58 Å². The molecule has 1 unspecified atom stereocenters. The fourth-order valence-electron chi connectivity index (χ4n) is 2.17. The maximum absolute atomic E-state index is 14.5. The normalized spacial score (nSPS) is 40.2. The molecule has 2 aliphatic heterocycles. The van der Waals surface area contributed by atoms with Gasteiger partial charge in [0, 0.05) is 17.6 Å². The van der Waals surface area contributed by atoms with Crippen LogP contribution in [0.15, 0.2) is 36.3 Å². The molecule has 2 heterocycles. The van der Waals surface area contributed by atoms with Gasteiger partial charge >= 0.3 is 0 Å². The smallest absolute Gasteiger partial charge is 0.181 e. The van der Waals surface area contributed by atoms with Gasteiger partial charge in [-0.25, -0.2) is 4.39 Å². The fourth-order valence-corrected chi connectivity index (χ4v) is 2.17. The van der Waals surface area contributed by atoms with E-state index < -0.39 is 30.7 Å². The van der Waals surface area contributed by atoms with Crippen LogP contribution in [0.5, 0.6) is 0 Å². The molecule has 6 heteroatoms. The molecule has 0 aromatic carbocycles. The molecule has 1 fully saturated rings. The molecular formula is C12H17FN2O3. The number of hydrogen-bond donors (Lipinski definition) is 3. The van der Waals surface area contributed by atoms with Crippen LogP contribution in [0.2, 0.25) is 0 Å². The summed E-state index contributed by atoms with van der Waals surface area (Å²) >= 11 is 0. The SMILES string of the molecule is C=C1C=C(N)C=CN1C1O[C@H](CO)[C@H](O)[C@]1(C)F. The van der Waals surface area contributed by atoms with Crippen molar-refractivity contribution < 1.29 is 19.3 Å². The molecule has 0 radical (unpaired) electrons. The first-order chi connectivity index (χ1) is 8.37. The Labute approximate surface area is 105 Å². The summed E-state index contributed by atoms with van der Waals surface area (Å²) in [5.41, 5.74) is 4.56. The van der Waals surface area contributed by atoms with Crippen LogP contribution >= 0.6 is 0 Å². The summed E-state index contributed by atoms with van der Waals surface area (Å²) in [7, 11) is 0. The predicted octanol–water partition coefficient (Wildman–Crippen LogP) is -0.0217. The quantitative estimate of drug-likeness (QED) is 0.647. The van der Waals surface area contributed by atoms with Crippen molar-refractivity contribution in [2.75, 3.05) is 6.61 Å². The van der Waals surface area contributed by atoms with Gasteiger partial charge in [0.05, 0.1) is 6.61 Å². The molecule has 2 aliphatic rings. The molecule has 18 heavy (non-hydrogen) atoms. The minimum atomic E-state index is -2.01. The molecule has 0 aromatic heterocycles. The Morgan fingerprint density at radius 2 is 2.33 bits per heavy atom. The molecule has 5 nitrogen and oxygen atoms in total. The second-order valence-corrected chi connectivity index (χ2v) is 4.66. The molecule has 0 spiro atoms. The van der Waals surface area contributed by atoms with Crippen LogP contribution < -0.4 is 5.73 Å². The average Bonchev–Trinajstić information content (AvgIpc) is 2.52. The van der Waals surface area contributed by atoms with Crippen LogP contribution in [0.4, 0.5) is 4.39 Å². The first kappa shape index (κ1) is 13.1. The summed E-state index contributed by atoms with van der Waals surface area (Å²) in [6.45, 7) is 4.55. The van der Waals surface area contributed by atoms with E-state index in [4.69, 9.17) is 15.6 Å². The number of ether oxygens (including phenoxy) is 1. The van der Waals surface area contributed by atoms with Gasteiger partial charge in [0.25, 0.3) is 0 Å². The highest BCUT2D eigenvalue weighted by Crippen LogP contribution is 2.38. The van der Waals surface area contributed by atoms with Crippen molar-refractivity contribution >= 4 is 0 Å². The van der Waals surface area contributed by atoms with E-state index in [0.29, 0.717) is 11.4 Å². The van der Waals surface area contributed by atoms with Crippen molar-refractivity contribution in [3.63, 3.8) is 0 Å². The standard InChI is InChI=1S/C12H17FN2O3/c1-7-5-8(14)3-4-15(7)11-12(2,13)10(17)9(6-16)18-11/h3-5,9-11,16-17H,1,6,14H2,2H3/t9-,10+,11?,12+/m1/s1. The van der Waals surface area contributed by atoms with Crippen LogP contribution in [0.25, 0.3) is 0 Å². The summed E-state index contributed by atoms with van der Waals surface area (Å²) in [5, 5.41) is 18.8. The molecule has 4 atom stereocenters. The van der Waals surface area contributed by atoms with Gasteiger partial charge in [0.1, 0.15) is 12.2 Å². The Bertz CT molecular complexity index is 420. The molecular weight excluding hydrogens is 239 g/mol. The van der Waals surface area contributed by atoms with Crippen molar-refractivity contribution in [2.45, 2.75) is 31.0 Å². The number of aliphatic hydroxyl groups excluding tert-OH is 2. The van der Waals surface area contributed by atoms with Crippen molar-refractivity contribution in [3.8, 4) is 0 Å². The van der Waals surface area contributed by atoms with Crippen LogP contribution in [0, 0.1) is 0 Å². The van der Waals surface area contributed by atoms with Gasteiger partial charge < -0.3 is 25.6 Å². The molecule has 0 aromatic rings. The lowest BCUT2D eigenvalue weighted by atomic mass is 9.97. The second-order valence-electron chi connectivity index (χ2n) is 4.66. The fraction of sp³-hybridized carbons (Fsp3) is 0.500. The van der Waals surface area contributed by atoms with E-state index in [0.717, 1.165) is 0 Å². The van der Waals surface area contributed by atoms with E-state index >= 15 is 0 Å². The topological polar surface area (TPSA) is 79.0 Å². The van der Waals surface area contributed by atoms with E-state index in [1.807, 2.05) is 0 Å². The Morgan fingerprint density at radius 3 is 2.83 bits per heavy atom. The molecule has 1 saturated heterocycles. The number of nitrogens with zero attached hydrogens (tertiary/aromatic N) is 1. The van der Waals surface area contributed by atoms with Gasteiger partial charge in [-0.15, -0.1) is 0 Å². The number of hydrogen-bond acceptors (Lipinski definition) is 5. The summed E-state index contributed by atoms with van der Waals surface area (Å²) in [4.78, 5) is 1.45. The van der Waals surface area contributed by atoms with Crippen molar-refractivity contribution in [1.29, 1.82) is 0 Å². The predicted molar refractivity (Wildman–Crippen MR) is 63.7 cm³/mol. The third kappa shape index (κ3) is 1.92. The van der Waals surface area contributed by atoms with Crippen LogP contribution in [0.1, 0.15) is 6.92 Å². The monoisotopic (exact) mass is 256 g/mol. The minimum Gasteiger partial charge on any atom is -0.399 e. The Hall–Kier alpha value is -1.37. The number of halogens is 1. The van der Waals surface area contributed by atoms with Gasteiger partial charge in [-0.3, -0.25) is 0 Å². The zero-order valence-electron chi connectivity index (χ0n) is 10.1. The van der Waals surface area contributed by atoms with Crippen LogP contribution in [-0.2, 0) is 4.74 Å². The molecule has 2 rings (SSSR count). The highest BCUT2D eigenvalue weighted by Gasteiger charge is 2.56. The first-order valence-electron chi connectivity index (χ1n) is 5.64. The maximum atomic E-state index is 14.5. The van der Waals surface area contributed by atoms with Crippen LogP contribution in [-0.4, -0.2) is 45.8 Å². The minimum absolute atomic E-state index is 0.445. The summed E-state index contributed by atoms with van der Waals surface area (Å²) < 4.78 is 19.9. The van der Waals surface area contributed by atoms with Gasteiger partial charge in [-0.05, 0) is 19.1 Å². The zero-order valence-corrected chi connectivity index (χ0v) is 10.1. The van der Waals surface area contributed by atoms with Crippen molar-refractivity contribution in [1.82, 2.24) is 4.90 Å². The maximum Gasteiger partial charge on any atom is 0.181 e. The zero-order chi connectivity index (χ0) is 13.5. The van der Waals surface area contributed by atoms with Crippen LogP contribution in [0.3, 0.4) is 0 Å². The first-order valence-corrected chi connectivity index (χ1v) is 5.64. The lowest BCUT2D eigenvalue weighted by molar-refractivity contribution is -0.0751. The van der Waals surface area contributed by atoms with Crippen molar-refractivity contribution in [2.24, 2.45) is 5.73 Å². The number of alkyl halides is 1. The lowest BCUT2D eigenvalue weighted by Crippen LogP contribution is -2.48. The average molecular weight is 256 g/mol. The Balaban J connectivity index is 2.25. The van der Waals surface area contributed by atoms with E-state index in [1.54, 1.807) is 18.4 Å². The van der Waals surface area contributed by atoms with Gasteiger partial charge in [0.2, 0.25) is 0 Å². The largest absolute Gasteiger partial charge is 0.399 e. The highest BCUT2D eigenvalue weighted by atomic mass is 19.1. The summed E-state index contributed by atoms with van der Waals surface area (Å²) in [6.07, 6.45) is 1.33. The van der Waals surface area contributed by atoms with Gasteiger partial charge in [-0.2, -0.15) is 0 Å². The van der Waals surface area contributed by atoms with E-state index in [2.05, 4.69) is 6.58 Å². The summed E-state index contributed by atoms with van der Waals surface area (Å²) in [5.74, 6) is 0. The molecule has 0 bridgehead atoms. The summed E-state index contributed by atoms with van der Waals surface area (Å²) in [6, 6.07) is 0. The molecule has 0 aliphatic carbocycles. The Kier molecular flexibility index (Phi) is 3.18. The van der Waals surface area contributed by atoms with Crippen molar-refractivity contribution in [3.05, 3.63) is 36.3 Å².